The zero-order valence-electron chi connectivity index (χ0n) is 27.6. The van der Waals surface area contributed by atoms with Crippen LogP contribution in [0.1, 0.15) is 74.2 Å². The molecule has 15 nitrogen and oxygen atoms in total. The smallest absolute Gasteiger partial charge is 0.229 e. The Balaban J connectivity index is 1.47. The highest BCUT2D eigenvalue weighted by molar-refractivity contribution is 6.30. The summed E-state index contributed by atoms with van der Waals surface area (Å²) in [4.78, 5) is 37.0. The number of methoxy groups -OCH3 is 1. The number of aliphatic imine (C=N–C) groups is 1. The van der Waals surface area contributed by atoms with E-state index >= 15 is 0 Å². The summed E-state index contributed by atoms with van der Waals surface area (Å²) < 4.78 is 16.8. The third-order valence-corrected chi connectivity index (χ3v) is 10.0. The van der Waals surface area contributed by atoms with Gasteiger partial charge in [-0.3, -0.25) is 14.6 Å². The van der Waals surface area contributed by atoms with E-state index in [4.69, 9.17) is 25.7 Å². The van der Waals surface area contributed by atoms with Crippen LogP contribution in [0.15, 0.2) is 41.5 Å². The van der Waals surface area contributed by atoms with Crippen LogP contribution in [0.5, 0.6) is 17.2 Å². The van der Waals surface area contributed by atoms with Crippen molar-refractivity contribution < 1.29 is 49.3 Å². The number of ketones is 2. The summed E-state index contributed by atoms with van der Waals surface area (Å²) in [6.45, 7) is -0.721. The summed E-state index contributed by atoms with van der Waals surface area (Å²) in [5.74, 6) is -1.39. The zero-order chi connectivity index (χ0) is 35.9. The van der Waals surface area contributed by atoms with Crippen LogP contribution in [-0.2, 0) is 23.1 Å². The van der Waals surface area contributed by atoms with Gasteiger partial charge in [0.1, 0.15) is 47.5 Å². The van der Waals surface area contributed by atoms with Gasteiger partial charge in [0.25, 0.3) is 0 Å². The molecule has 2 heterocycles. The number of anilines is 1. The van der Waals surface area contributed by atoms with Gasteiger partial charge in [0.2, 0.25) is 12.1 Å². The molecule has 15 heteroatoms. The standard InChI is InChI=1S/C35H41N5O10/c1-38-34(37)40-14-21-16(12-35(7-3-4-8-35)17-5-6-24(36)39-13-17)9-19-26(28(21)43)30(45)25-20(27(19)42)10-18(48-2)11-22(25)49-33-32(47)31(46)29(44)23(15-41)50-33/h5-6,9-11,13,23,29,31-33,41,43-44,46-47H,3-4,7-8,12,14-15H2,1-2H3,(H2,36,39)(H3,37,38,40)/t23-,29-,31+,32-,33-/m1/s1. The molecule has 2 fully saturated rings. The summed E-state index contributed by atoms with van der Waals surface area (Å²) in [6, 6.07) is 8.00. The summed E-state index contributed by atoms with van der Waals surface area (Å²) in [7, 11) is 2.85. The molecule has 266 valence electrons. The molecule has 10 N–H and O–H groups in total. The first-order chi connectivity index (χ1) is 23.9. The molecule has 0 unspecified atom stereocenters. The van der Waals surface area contributed by atoms with E-state index in [9.17, 15) is 35.1 Å². The van der Waals surface area contributed by atoms with E-state index in [0.717, 1.165) is 31.2 Å². The van der Waals surface area contributed by atoms with Crippen molar-refractivity contribution in [3.63, 3.8) is 0 Å². The van der Waals surface area contributed by atoms with E-state index in [1.54, 1.807) is 18.3 Å². The summed E-state index contributed by atoms with van der Waals surface area (Å²) in [5, 5.41) is 55.8. The van der Waals surface area contributed by atoms with Crippen LogP contribution in [0.3, 0.4) is 0 Å². The lowest BCUT2D eigenvalue weighted by Gasteiger charge is -2.40. The summed E-state index contributed by atoms with van der Waals surface area (Å²) >= 11 is 0. The molecule has 6 rings (SSSR count). The van der Waals surface area contributed by atoms with Crippen molar-refractivity contribution in [3.8, 4) is 17.2 Å². The van der Waals surface area contributed by atoms with Crippen molar-refractivity contribution in [1.82, 2.24) is 10.3 Å². The van der Waals surface area contributed by atoms with Crippen molar-refractivity contribution >= 4 is 23.3 Å². The van der Waals surface area contributed by atoms with Crippen LogP contribution in [0.25, 0.3) is 0 Å². The topological polar surface area (TPSA) is 252 Å². The molecule has 0 radical (unpaired) electrons. The number of aliphatic hydroxyl groups is 4. The summed E-state index contributed by atoms with van der Waals surface area (Å²) in [5.41, 5.74) is 12.8. The van der Waals surface area contributed by atoms with Gasteiger partial charge < -0.3 is 56.5 Å². The number of phenols is 1. The lowest BCUT2D eigenvalue weighted by atomic mass is 9.72. The molecule has 3 aliphatic rings. The molecule has 0 bridgehead atoms. The van der Waals surface area contributed by atoms with Gasteiger partial charge in [-0.25, -0.2) is 4.98 Å². The summed E-state index contributed by atoms with van der Waals surface area (Å²) in [6.07, 6.45) is -2.40. The maximum Gasteiger partial charge on any atom is 0.229 e. The Morgan fingerprint density at radius 3 is 2.42 bits per heavy atom. The van der Waals surface area contributed by atoms with E-state index in [1.807, 2.05) is 6.07 Å². The lowest BCUT2D eigenvalue weighted by Crippen LogP contribution is -2.60. The molecule has 0 spiro atoms. The number of aromatic nitrogens is 1. The molecule has 0 amide bonds. The number of nitrogens with zero attached hydrogens (tertiary/aromatic N) is 2. The number of aliphatic hydroxyl groups excluding tert-OH is 4. The predicted octanol–water partition coefficient (Wildman–Crippen LogP) is 0.421. The van der Waals surface area contributed by atoms with Crippen molar-refractivity contribution in [2.45, 2.75) is 74.8 Å². The van der Waals surface area contributed by atoms with Gasteiger partial charge in [0.15, 0.2) is 11.7 Å². The van der Waals surface area contributed by atoms with Crippen LogP contribution in [0, 0.1) is 0 Å². The van der Waals surface area contributed by atoms with Crippen molar-refractivity contribution in [2.75, 3.05) is 26.5 Å². The first-order valence-electron chi connectivity index (χ1n) is 16.3. The Morgan fingerprint density at radius 2 is 1.78 bits per heavy atom. The SMILES string of the molecule is CN=C(N)NCc1c(CC2(c3ccc(N)nc3)CCCC2)cc2c(c1O)C(=O)c1c(O[C@@H]3O[C@H](CO)[C@@H](O)[C@H](O)[C@H]3O)cc(OC)cc1C2=O. The van der Waals surface area contributed by atoms with Gasteiger partial charge in [-0.2, -0.15) is 0 Å². The maximum absolute atomic E-state index is 14.4. The minimum absolute atomic E-state index is 0.0150. The lowest BCUT2D eigenvalue weighted by molar-refractivity contribution is -0.277. The average molecular weight is 692 g/mol. The highest BCUT2D eigenvalue weighted by Gasteiger charge is 2.46. The van der Waals surface area contributed by atoms with E-state index in [1.165, 1.54) is 26.3 Å². The second-order valence-electron chi connectivity index (χ2n) is 12.9. The molecule has 1 saturated heterocycles. The normalized spacial score (nSPS) is 24.4. The Bertz CT molecular complexity index is 1820. The number of rotatable bonds is 9. The first-order valence-corrected chi connectivity index (χ1v) is 16.3. The fourth-order valence-electron chi connectivity index (χ4n) is 7.26. The number of phenolic OH excluding ortho intramolecular Hbond substituents is 1. The van der Waals surface area contributed by atoms with E-state index in [-0.39, 0.29) is 51.7 Å². The number of benzene rings is 2. The second-order valence-corrected chi connectivity index (χ2v) is 12.9. The van der Waals surface area contributed by atoms with Crippen LogP contribution in [-0.4, -0.2) is 99.5 Å². The fourth-order valence-corrected chi connectivity index (χ4v) is 7.26. The van der Waals surface area contributed by atoms with E-state index in [0.29, 0.717) is 23.4 Å². The monoisotopic (exact) mass is 691 g/mol. The molecule has 1 saturated carbocycles. The quantitative estimate of drug-likeness (QED) is 0.0875. The largest absolute Gasteiger partial charge is 0.507 e. The van der Waals surface area contributed by atoms with Gasteiger partial charge in [0.05, 0.1) is 24.8 Å². The van der Waals surface area contributed by atoms with Gasteiger partial charge in [0, 0.05) is 48.0 Å². The molecular formula is C35H41N5O10. The van der Waals surface area contributed by atoms with Crippen LogP contribution < -0.4 is 26.3 Å². The third kappa shape index (κ3) is 6.11. The van der Waals surface area contributed by atoms with E-state index in [2.05, 4.69) is 15.3 Å². The number of nitrogens with one attached hydrogen (secondary N) is 1. The molecule has 3 aromatic rings. The third-order valence-electron chi connectivity index (χ3n) is 10.0. The van der Waals surface area contributed by atoms with Crippen molar-refractivity contribution in [2.24, 2.45) is 10.7 Å². The Labute approximate surface area is 287 Å². The van der Waals surface area contributed by atoms with Crippen LogP contribution in [0.4, 0.5) is 5.82 Å². The minimum atomic E-state index is -1.80. The highest BCUT2D eigenvalue weighted by atomic mass is 16.7. The van der Waals surface area contributed by atoms with Gasteiger partial charge in [-0.05, 0) is 48.6 Å². The number of hydrogen-bond donors (Lipinski definition) is 8. The number of pyridine rings is 1. The number of ether oxygens (including phenoxy) is 3. The first kappa shape index (κ1) is 35.0. The minimum Gasteiger partial charge on any atom is -0.507 e. The molecule has 5 atom stereocenters. The number of fused-ring (bicyclic) bond motifs is 2. The van der Waals surface area contributed by atoms with Crippen LogP contribution in [0.2, 0.25) is 0 Å². The maximum atomic E-state index is 14.4. The molecule has 2 aliphatic carbocycles. The number of hydrogen-bond acceptors (Lipinski definition) is 13. The molecule has 2 aromatic carbocycles. The second kappa shape index (κ2) is 13.8. The Hall–Kier alpha value is -4.80. The number of nitrogen functional groups attached to an aromatic ring is 1. The molecule has 50 heavy (non-hydrogen) atoms. The number of guanidine groups is 1. The highest BCUT2D eigenvalue weighted by Crippen LogP contribution is 2.47. The van der Waals surface area contributed by atoms with Gasteiger partial charge >= 0.3 is 0 Å². The van der Waals surface area contributed by atoms with Gasteiger partial charge in [-0.15, -0.1) is 0 Å². The number of carbonyl (C=O) groups is 2. The number of aromatic hydroxyl groups is 1. The number of carbonyl (C=O) groups excluding carboxylic acids is 2. The fraction of sp³-hybridized carbons (Fsp3) is 0.429. The van der Waals surface area contributed by atoms with Gasteiger partial charge in [-0.1, -0.05) is 18.9 Å². The predicted molar refractivity (Wildman–Crippen MR) is 179 cm³/mol. The van der Waals surface area contributed by atoms with Crippen LogP contribution >= 0.6 is 0 Å². The number of nitrogens with two attached hydrogens (primary N) is 2. The van der Waals surface area contributed by atoms with E-state index < -0.39 is 54.6 Å². The average Bonchev–Trinajstić information content (AvgIpc) is 3.59. The Morgan fingerprint density at radius 1 is 1.06 bits per heavy atom. The molecular weight excluding hydrogens is 650 g/mol. The zero-order valence-corrected chi connectivity index (χ0v) is 27.6. The molecule has 1 aliphatic heterocycles. The Kier molecular flexibility index (Phi) is 9.70. The van der Waals surface area contributed by atoms with Crippen molar-refractivity contribution in [1.29, 1.82) is 0 Å². The van der Waals surface area contributed by atoms with Crippen molar-refractivity contribution in [3.05, 3.63) is 75.5 Å². The molecule has 1 aromatic heterocycles.